The fraction of sp³-hybridized carbons (Fsp3) is 0.524. The predicted molar refractivity (Wildman–Crippen MR) is 129 cm³/mol. The van der Waals surface area contributed by atoms with E-state index in [0.29, 0.717) is 12.0 Å². The Morgan fingerprint density at radius 3 is 2.56 bits per heavy atom. The van der Waals surface area contributed by atoms with Gasteiger partial charge in [-0.2, -0.15) is 18.2 Å². The fourth-order valence-corrected chi connectivity index (χ4v) is 3.73. The van der Waals surface area contributed by atoms with E-state index in [1.807, 2.05) is 6.07 Å². The van der Waals surface area contributed by atoms with Crippen LogP contribution in [0.15, 0.2) is 24.3 Å². The van der Waals surface area contributed by atoms with Crippen molar-refractivity contribution in [3.63, 3.8) is 0 Å². The van der Waals surface area contributed by atoms with Gasteiger partial charge in [0.2, 0.25) is 5.95 Å². The lowest BCUT2D eigenvalue weighted by molar-refractivity contribution is -0.136. The van der Waals surface area contributed by atoms with Crippen LogP contribution >= 0.6 is 24.8 Å². The number of benzene rings is 1. The number of nitrogens with two attached hydrogens (primary N) is 1. The van der Waals surface area contributed by atoms with Crippen molar-refractivity contribution < 1.29 is 13.2 Å². The molecule has 2 heterocycles. The average molecular weight is 495 g/mol. The molecule has 1 aromatic heterocycles. The number of piperidine rings is 1. The molecule has 6 nitrogen and oxygen atoms in total. The van der Waals surface area contributed by atoms with E-state index in [-0.39, 0.29) is 36.2 Å². The summed E-state index contributed by atoms with van der Waals surface area (Å²) >= 11 is 0. The van der Waals surface area contributed by atoms with Gasteiger partial charge in [-0.3, -0.25) is 0 Å². The maximum Gasteiger partial charge on any atom is 0.418 e. The number of alkyl halides is 3. The number of hydrogen-bond donors (Lipinski definition) is 3. The summed E-state index contributed by atoms with van der Waals surface area (Å²) in [4.78, 5) is 11.3. The van der Waals surface area contributed by atoms with Gasteiger partial charge < -0.3 is 21.3 Å². The molecule has 1 aliphatic heterocycles. The Morgan fingerprint density at radius 2 is 1.91 bits per heavy atom. The van der Waals surface area contributed by atoms with E-state index >= 15 is 0 Å². The molecule has 3 rings (SSSR count). The fourth-order valence-electron chi connectivity index (χ4n) is 3.73. The Kier molecular flexibility index (Phi) is 10.8. The lowest BCUT2D eigenvalue weighted by atomic mass is 10.1. The summed E-state index contributed by atoms with van der Waals surface area (Å²) in [5.41, 5.74) is 5.43. The van der Waals surface area contributed by atoms with Gasteiger partial charge in [0.05, 0.1) is 5.56 Å². The zero-order valence-electron chi connectivity index (χ0n) is 18.2. The molecule has 1 atom stereocenters. The number of nitrogens with one attached hydrogen (secondary N) is 2. The molecule has 1 aliphatic rings. The van der Waals surface area contributed by atoms with Gasteiger partial charge in [-0.25, -0.2) is 4.98 Å². The van der Waals surface area contributed by atoms with Crippen LogP contribution in [0.4, 0.5) is 36.3 Å². The third-order valence-electron chi connectivity index (χ3n) is 5.12. The molecule has 2 aromatic rings. The van der Waals surface area contributed by atoms with Crippen LogP contribution in [0.5, 0.6) is 0 Å². The van der Waals surface area contributed by atoms with Crippen LogP contribution in [-0.4, -0.2) is 35.6 Å². The third-order valence-corrected chi connectivity index (χ3v) is 5.12. The molecule has 0 unspecified atom stereocenters. The predicted octanol–water partition coefficient (Wildman–Crippen LogP) is 5.20. The molecule has 4 N–H and O–H groups in total. The van der Waals surface area contributed by atoms with Gasteiger partial charge in [0, 0.05) is 42.3 Å². The van der Waals surface area contributed by atoms with Gasteiger partial charge in [-0.15, -0.1) is 24.8 Å². The monoisotopic (exact) mass is 494 g/mol. The summed E-state index contributed by atoms with van der Waals surface area (Å²) in [7, 11) is 0. The molecule has 0 radical (unpaired) electrons. The highest BCUT2D eigenvalue weighted by Gasteiger charge is 2.33. The minimum absolute atomic E-state index is 0. The number of rotatable bonds is 7. The largest absolute Gasteiger partial charge is 0.418 e. The molecule has 32 heavy (non-hydrogen) atoms. The molecular weight excluding hydrogens is 464 g/mol. The Hall–Kier alpha value is -1.97. The van der Waals surface area contributed by atoms with E-state index in [9.17, 15) is 13.2 Å². The van der Waals surface area contributed by atoms with Crippen LogP contribution in [0, 0.1) is 0 Å². The molecule has 0 aliphatic carbocycles. The van der Waals surface area contributed by atoms with Crippen LogP contribution < -0.4 is 21.3 Å². The smallest absolute Gasteiger partial charge is 0.398 e. The van der Waals surface area contributed by atoms with Crippen LogP contribution in [0.25, 0.3) is 0 Å². The molecule has 0 saturated carbocycles. The molecular formula is C21H31Cl2F3N6. The van der Waals surface area contributed by atoms with E-state index in [4.69, 9.17) is 5.73 Å². The second-order valence-electron chi connectivity index (χ2n) is 7.56. The highest BCUT2D eigenvalue weighted by Crippen LogP contribution is 2.35. The Morgan fingerprint density at radius 1 is 1.16 bits per heavy atom. The third kappa shape index (κ3) is 7.28. The first kappa shape index (κ1) is 28.1. The highest BCUT2D eigenvalue weighted by atomic mass is 35.5. The molecule has 0 spiro atoms. The van der Waals surface area contributed by atoms with Gasteiger partial charge in [-0.05, 0) is 44.0 Å². The number of nitrogen functional groups attached to an aromatic ring is 1. The number of likely N-dealkylation sites (N-methyl/N-ethyl adjacent to an activating group) is 1. The topological polar surface area (TPSA) is 79.1 Å². The SMILES string of the molecule is CCCc1cc(N2CCC[C@@H](NCC)C2)nc(Nc2ccc(N)c(C(F)(F)F)c2)n1.Cl.Cl. The second-order valence-corrected chi connectivity index (χ2v) is 7.56. The van der Waals surface area contributed by atoms with Gasteiger partial charge in [-0.1, -0.05) is 20.3 Å². The minimum atomic E-state index is -4.52. The number of nitrogens with zero attached hydrogens (tertiary/aromatic N) is 3. The van der Waals surface area contributed by atoms with Crippen molar-refractivity contribution in [2.45, 2.75) is 51.7 Å². The first-order valence-corrected chi connectivity index (χ1v) is 10.4. The first-order valence-electron chi connectivity index (χ1n) is 10.4. The van der Waals surface area contributed by atoms with E-state index in [0.717, 1.165) is 62.9 Å². The van der Waals surface area contributed by atoms with Crippen molar-refractivity contribution >= 4 is 48.0 Å². The van der Waals surface area contributed by atoms with Gasteiger partial charge in [0.15, 0.2) is 0 Å². The number of anilines is 4. The number of hydrogen-bond acceptors (Lipinski definition) is 6. The molecule has 0 amide bonds. The van der Waals surface area contributed by atoms with E-state index in [1.165, 1.54) is 12.1 Å². The average Bonchev–Trinajstić information content (AvgIpc) is 2.69. The Balaban J connectivity index is 0.00000256. The highest BCUT2D eigenvalue weighted by molar-refractivity contribution is 5.85. The number of halogens is 5. The summed E-state index contributed by atoms with van der Waals surface area (Å²) in [6.07, 6.45) is -0.665. The second kappa shape index (κ2) is 12.3. The van der Waals surface area contributed by atoms with Crippen LogP contribution in [0.1, 0.15) is 44.4 Å². The van der Waals surface area contributed by atoms with Crippen molar-refractivity contribution in [2.75, 3.05) is 35.6 Å². The minimum Gasteiger partial charge on any atom is -0.398 e. The van der Waals surface area contributed by atoms with Crippen molar-refractivity contribution in [1.82, 2.24) is 15.3 Å². The molecule has 1 fully saturated rings. The van der Waals surface area contributed by atoms with Crippen LogP contribution in [0.3, 0.4) is 0 Å². The van der Waals surface area contributed by atoms with Crippen LogP contribution in [-0.2, 0) is 12.6 Å². The summed E-state index contributed by atoms with van der Waals surface area (Å²) in [6, 6.07) is 6.12. The van der Waals surface area contributed by atoms with Gasteiger partial charge in [0.1, 0.15) is 5.82 Å². The normalized spacial score (nSPS) is 16.2. The Bertz CT molecular complexity index is 864. The summed E-state index contributed by atoms with van der Waals surface area (Å²) in [5, 5.41) is 6.42. The molecule has 180 valence electrons. The van der Waals surface area contributed by atoms with Crippen LogP contribution in [0.2, 0.25) is 0 Å². The van der Waals surface area contributed by atoms with Crippen molar-refractivity contribution in [3.05, 3.63) is 35.5 Å². The summed E-state index contributed by atoms with van der Waals surface area (Å²) < 4.78 is 39.6. The van der Waals surface area contributed by atoms with Gasteiger partial charge in [0.25, 0.3) is 0 Å². The maximum atomic E-state index is 13.2. The quantitative estimate of drug-likeness (QED) is 0.459. The summed E-state index contributed by atoms with van der Waals surface area (Å²) in [5.74, 6) is 1.09. The van der Waals surface area contributed by atoms with E-state index in [1.54, 1.807) is 0 Å². The zero-order valence-corrected chi connectivity index (χ0v) is 19.8. The number of aromatic nitrogens is 2. The lowest BCUT2D eigenvalue weighted by Gasteiger charge is -2.34. The van der Waals surface area contributed by atoms with Crippen molar-refractivity contribution in [3.8, 4) is 0 Å². The molecule has 1 aromatic carbocycles. The summed E-state index contributed by atoms with van der Waals surface area (Å²) in [6.45, 7) is 6.80. The standard InChI is InChI=1S/C21H29F3N6.2ClH/c1-3-6-14-12-19(30-10-5-7-16(13-30)26-4-2)29-20(27-14)28-15-8-9-18(25)17(11-15)21(22,23)24;;/h8-9,11-12,16,26H,3-7,10,13,25H2,1-2H3,(H,27,28,29);2*1H/t16-;;/m1../s1. The Labute approximate surface area is 199 Å². The van der Waals surface area contributed by atoms with E-state index in [2.05, 4.69) is 39.3 Å². The maximum absolute atomic E-state index is 13.2. The molecule has 1 saturated heterocycles. The lowest BCUT2D eigenvalue weighted by Crippen LogP contribution is -2.46. The molecule has 11 heteroatoms. The van der Waals surface area contributed by atoms with Crippen molar-refractivity contribution in [2.24, 2.45) is 0 Å². The zero-order chi connectivity index (χ0) is 21.7. The number of aryl methyl sites for hydroxylation is 1. The van der Waals surface area contributed by atoms with E-state index < -0.39 is 11.7 Å². The van der Waals surface area contributed by atoms with Gasteiger partial charge >= 0.3 is 6.18 Å². The first-order chi connectivity index (χ1) is 14.3. The van der Waals surface area contributed by atoms with Crippen molar-refractivity contribution in [1.29, 1.82) is 0 Å². The molecule has 0 bridgehead atoms.